The van der Waals surface area contributed by atoms with Gasteiger partial charge in [0.15, 0.2) is 0 Å². The Kier molecular flexibility index (Phi) is 11.0. The van der Waals surface area contributed by atoms with Crippen molar-refractivity contribution in [2.24, 2.45) is 0 Å². The highest BCUT2D eigenvalue weighted by Gasteiger charge is 2.28. The summed E-state index contributed by atoms with van der Waals surface area (Å²) in [6.45, 7) is 3.51. The van der Waals surface area contributed by atoms with Gasteiger partial charge in [-0.2, -0.15) is 0 Å². The molecular weight excluding hydrogens is 492 g/mol. The summed E-state index contributed by atoms with van der Waals surface area (Å²) in [5.41, 5.74) is 4.64. The predicted octanol–water partition coefficient (Wildman–Crippen LogP) is 3.21. The molecule has 0 aliphatic rings. The van der Waals surface area contributed by atoms with Crippen LogP contribution < -0.4 is 21.4 Å². The monoisotopic (exact) mass is 524 g/mol. The van der Waals surface area contributed by atoms with E-state index in [0.29, 0.717) is 11.1 Å². The van der Waals surface area contributed by atoms with Gasteiger partial charge in [0.25, 0.3) is 11.8 Å². The number of nitrogens with one attached hydrogen (secondary N) is 4. The predicted molar refractivity (Wildman–Crippen MR) is 150 cm³/mol. The molecule has 0 fully saturated rings. The minimum Gasteiger partial charge on any atom is -0.350 e. The Morgan fingerprint density at radius 2 is 1.51 bits per heavy atom. The lowest BCUT2D eigenvalue weighted by atomic mass is 10.1. The number of hydrogen-bond acceptors (Lipinski definition) is 5. The van der Waals surface area contributed by atoms with Gasteiger partial charge in [0.2, 0.25) is 5.91 Å². The molecule has 200 valence electrons. The van der Waals surface area contributed by atoms with E-state index in [2.05, 4.69) is 27.8 Å². The Balaban J connectivity index is 1.55. The van der Waals surface area contributed by atoms with E-state index in [9.17, 15) is 19.6 Å². The zero-order valence-corrected chi connectivity index (χ0v) is 21.8. The number of benzene rings is 3. The standard InChI is InChI=1S/C31H32N4O4/c1-22(26-15-7-4-8-16-26)32-21-28(36)33-23(2)29(31(38)35-39)34-30(37)27-19-17-25(18-20-27)14-10-9-13-24-11-5-3-6-12-24/h3-9,11-13,15-20,22-23,29,32,39H,21H2,1-2H3,(H,33,36)(H,34,37)(H,35,38)/b13-9+/t22-,23-,29+/m1/s1. The van der Waals surface area contributed by atoms with Crippen LogP contribution in [-0.2, 0) is 9.59 Å². The van der Waals surface area contributed by atoms with E-state index < -0.39 is 23.9 Å². The SMILES string of the molecule is C[C@@H](NCC(=O)N[C@H](C)[C@H](NC(=O)c1ccc(C#C/C=C/c2ccccc2)cc1)C(=O)NO)c1ccccc1. The molecule has 3 amide bonds. The lowest BCUT2D eigenvalue weighted by Crippen LogP contribution is -2.58. The number of amides is 3. The van der Waals surface area contributed by atoms with Crippen LogP contribution in [0.15, 0.2) is 91.0 Å². The minimum atomic E-state index is -1.21. The molecule has 0 unspecified atom stereocenters. The van der Waals surface area contributed by atoms with Crippen molar-refractivity contribution >= 4 is 23.8 Å². The summed E-state index contributed by atoms with van der Waals surface area (Å²) in [5, 5.41) is 17.6. The zero-order chi connectivity index (χ0) is 28.0. The number of carbonyl (C=O) groups is 3. The smallest absolute Gasteiger partial charge is 0.268 e. The molecule has 0 bridgehead atoms. The molecule has 8 nitrogen and oxygen atoms in total. The number of hydrogen-bond donors (Lipinski definition) is 5. The average molecular weight is 525 g/mol. The lowest BCUT2D eigenvalue weighted by molar-refractivity contribution is -0.132. The van der Waals surface area contributed by atoms with Crippen LogP contribution in [0.2, 0.25) is 0 Å². The maximum Gasteiger partial charge on any atom is 0.268 e. The first-order valence-electron chi connectivity index (χ1n) is 12.5. The molecule has 0 aromatic heterocycles. The Hall–Kier alpha value is -4.71. The minimum absolute atomic E-state index is 0.00481. The third-order valence-corrected chi connectivity index (χ3v) is 5.96. The second-order valence-electron chi connectivity index (χ2n) is 8.89. The highest BCUT2D eigenvalue weighted by atomic mass is 16.5. The van der Waals surface area contributed by atoms with Gasteiger partial charge in [-0.15, -0.1) is 0 Å². The van der Waals surface area contributed by atoms with Crippen LogP contribution in [0.3, 0.4) is 0 Å². The van der Waals surface area contributed by atoms with E-state index in [0.717, 1.165) is 11.1 Å². The van der Waals surface area contributed by atoms with Crippen molar-refractivity contribution < 1.29 is 19.6 Å². The van der Waals surface area contributed by atoms with Crippen LogP contribution in [0.1, 0.15) is 46.9 Å². The first-order valence-corrected chi connectivity index (χ1v) is 12.5. The van der Waals surface area contributed by atoms with E-state index in [4.69, 9.17) is 0 Å². The zero-order valence-electron chi connectivity index (χ0n) is 21.8. The number of allylic oxidation sites excluding steroid dienone is 1. The van der Waals surface area contributed by atoms with Gasteiger partial charge in [0, 0.05) is 17.2 Å². The highest BCUT2D eigenvalue weighted by molar-refractivity contribution is 5.98. The number of rotatable bonds is 10. The number of carbonyl (C=O) groups excluding carboxylic acids is 3. The average Bonchev–Trinajstić information content (AvgIpc) is 2.97. The van der Waals surface area contributed by atoms with Gasteiger partial charge in [-0.1, -0.05) is 72.5 Å². The Bertz CT molecular complexity index is 1330. The molecule has 39 heavy (non-hydrogen) atoms. The second kappa shape index (κ2) is 14.9. The third-order valence-electron chi connectivity index (χ3n) is 5.96. The Labute approximate surface area is 228 Å². The maximum atomic E-state index is 12.8. The fraction of sp³-hybridized carbons (Fsp3) is 0.194. The summed E-state index contributed by atoms with van der Waals surface area (Å²) in [5.74, 6) is 4.20. The van der Waals surface area contributed by atoms with Crippen LogP contribution in [0.5, 0.6) is 0 Å². The second-order valence-corrected chi connectivity index (χ2v) is 8.89. The molecule has 0 spiro atoms. The fourth-order valence-corrected chi connectivity index (χ4v) is 3.74. The van der Waals surface area contributed by atoms with Crippen LogP contribution in [-0.4, -0.2) is 41.6 Å². The molecule has 0 aliphatic carbocycles. The van der Waals surface area contributed by atoms with Crippen LogP contribution >= 0.6 is 0 Å². The highest BCUT2D eigenvalue weighted by Crippen LogP contribution is 2.10. The fourth-order valence-electron chi connectivity index (χ4n) is 3.74. The molecule has 0 saturated heterocycles. The van der Waals surface area contributed by atoms with E-state index >= 15 is 0 Å². The lowest BCUT2D eigenvalue weighted by Gasteiger charge is -2.24. The molecule has 3 atom stereocenters. The van der Waals surface area contributed by atoms with Crippen LogP contribution in [0.4, 0.5) is 0 Å². The number of hydroxylamine groups is 1. The molecule has 3 rings (SSSR count). The van der Waals surface area contributed by atoms with Crippen molar-refractivity contribution in [1.82, 2.24) is 21.4 Å². The molecule has 3 aromatic carbocycles. The summed E-state index contributed by atoms with van der Waals surface area (Å²) in [6.07, 6.45) is 3.66. The molecular formula is C31H32N4O4. The van der Waals surface area contributed by atoms with Gasteiger partial charge in [0.05, 0.1) is 12.6 Å². The molecule has 0 aliphatic heterocycles. The first kappa shape index (κ1) is 28.9. The molecule has 3 aromatic rings. The third kappa shape index (κ3) is 9.27. The van der Waals surface area contributed by atoms with Gasteiger partial charge in [-0.3, -0.25) is 19.6 Å². The van der Waals surface area contributed by atoms with E-state index in [-0.39, 0.29) is 18.5 Å². The van der Waals surface area contributed by atoms with Crippen molar-refractivity contribution in [2.75, 3.05) is 6.54 Å². The summed E-state index contributed by atoms with van der Waals surface area (Å²) in [4.78, 5) is 37.6. The van der Waals surface area contributed by atoms with E-state index in [1.807, 2.05) is 73.7 Å². The maximum absolute atomic E-state index is 12.8. The van der Waals surface area contributed by atoms with E-state index in [1.54, 1.807) is 42.7 Å². The van der Waals surface area contributed by atoms with Crippen LogP contribution in [0.25, 0.3) is 6.08 Å². The van der Waals surface area contributed by atoms with Gasteiger partial charge < -0.3 is 16.0 Å². The summed E-state index contributed by atoms with van der Waals surface area (Å²) in [7, 11) is 0. The molecule has 5 N–H and O–H groups in total. The summed E-state index contributed by atoms with van der Waals surface area (Å²) < 4.78 is 0. The quantitative estimate of drug-likeness (QED) is 0.159. The largest absolute Gasteiger partial charge is 0.350 e. The van der Waals surface area contributed by atoms with E-state index in [1.165, 1.54) is 0 Å². The normalized spacial score (nSPS) is 12.9. The van der Waals surface area contributed by atoms with Gasteiger partial charge in [0.1, 0.15) is 6.04 Å². The summed E-state index contributed by atoms with van der Waals surface area (Å²) >= 11 is 0. The molecule has 0 heterocycles. The molecule has 0 saturated carbocycles. The van der Waals surface area contributed by atoms with Crippen molar-refractivity contribution in [1.29, 1.82) is 0 Å². The Morgan fingerprint density at radius 1 is 0.872 bits per heavy atom. The Morgan fingerprint density at radius 3 is 2.15 bits per heavy atom. The molecule has 8 heteroatoms. The van der Waals surface area contributed by atoms with Gasteiger partial charge >= 0.3 is 0 Å². The first-order chi connectivity index (χ1) is 18.9. The van der Waals surface area contributed by atoms with Crippen molar-refractivity contribution in [2.45, 2.75) is 32.0 Å². The summed E-state index contributed by atoms with van der Waals surface area (Å²) in [6, 6.07) is 24.0. The van der Waals surface area contributed by atoms with Crippen LogP contribution in [0, 0.1) is 11.8 Å². The van der Waals surface area contributed by atoms with Crippen molar-refractivity contribution in [3.8, 4) is 11.8 Å². The van der Waals surface area contributed by atoms with Crippen molar-refractivity contribution in [3.63, 3.8) is 0 Å². The topological polar surface area (TPSA) is 120 Å². The van der Waals surface area contributed by atoms with Crippen molar-refractivity contribution in [3.05, 3.63) is 113 Å². The van der Waals surface area contributed by atoms with Gasteiger partial charge in [-0.25, -0.2) is 5.48 Å². The molecule has 0 radical (unpaired) electrons. The van der Waals surface area contributed by atoms with Gasteiger partial charge in [-0.05, 0) is 61.4 Å².